The molecule has 0 aliphatic carbocycles. The van der Waals surface area contributed by atoms with Crippen molar-refractivity contribution in [1.82, 2.24) is 0 Å². The summed E-state index contributed by atoms with van der Waals surface area (Å²) in [5.41, 5.74) is 0.840. The van der Waals surface area contributed by atoms with Gasteiger partial charge in [0.2, 0.25) is 0 Å². The number of hydrogen-bond donors (Lipinski definition) is 2. The van der Waals surface area contributed by atoms with Gasteiger partial charge in [0.05, 0.1) is 12.2 Å². The smallest absolute Gasteiger partial charge is 0.0972 e. The molecule has 2 nitrogen and oxygen atoms in total. The topological polar surface area (TPSA) is 40.5 Å². The molecule has 2 atom stereocenters. The summed E-state index contributed by atoms with van der Waals surface area (Å²) in [6.07, 6.45) is 2.81. The first-order valence-corrected chi connectivity index (χ1v) is 4.83. The first-order chi connectivity index (χ1) is 6.74. The fourth-order valence-corrected chi connectivity index (χ4v) is 1.13. The van der Waals surface area contributed by atoms with E-state index >= 15 is 0 Å². The van der Waals surface area contributed by atoms with Gasteiger partial charge in [-0.25, -0.2) is 0 Å². The highest BCUT2D eigenvalue weighted by molar-refractivity contribution is 5.21. The maximum atomic E-state index is 9.67. The molecule has 0 aliphatic heterocycles. The lowest BCUT2D eigenvalue weighted by Crippen LogP contribution is -2.00. The number of rotatable bonds is 4. The Hall–Kier alpha value is -1.12. The SMILES string of the molecule is CC[C@H](O)/C=C/[C@@H](O)c1ccccc1. The van der Waals surface area contributed by atoms with E-state index in [4.69, 9.17) is 0 Å². The van der Waals surface area contributed by atoms with Gasteiger partial charge in [0, 0.05) is 0 Å². The van der Waals surface area contributed by atoms with Crippen LogP contribution >= 0.6 is 0 Å². The molecule has 0 fully saturated rings. The Kier molecular flexibility index (Phi) is 4.36. The van der Waals surface area contributed by atoms with E-state index in [1.165, 1.54) is 0 Å². The molecule has 0 amide bonds. The molecule has 76 valence electrons. The highest BCUT2D eigenvalue weighted by Crippen LogP contribution is 2.13. The van der Waals surface area contributed by atoms with Crippen molar-refractivity contribution in [3.63, 3.8) is 0 Å². The normalized spacial score (nSPS) is 15.6. The van der Waals surface area contributed by atoms with Crippen molar-refractivity contribution < 1.29 is 10.2 Å². The summed E-state index contributed by atoms with van der Waals surface area (Å²) in [7, 11) is 0. The minimum Gasteiger partial charge on any atom is -0.389 e. The zero-order valence-corrected chi connectivity index (χ0v) is 8.30. The van der Waals surface area contributed by atoms with E-state index in [0.29, 0.717) is 6.42 Å². The zero-order valence-electron chi connectivity index (χ0n) is 8.30. The lowest BCUT2D eigenvalue weighted by atomic mass is 10.1. The van der Waals surface area contributed by atoms with Crippen LogP contribution in [-0.2, 0) is 0 Å². The van der Waals surface area contributed by atoms with Crippen LogP contribution in [-0.4, -0.2) is 16.3 Å². The molecule has 0 saturated carbocycles. The van der Waals surface area contributed by atoms with Gasteiger partial charge in [-0.15, -0.1) is 0 Å². The summed E-state index contributed by atoms with van der Waals surface area (Å²) < 4.78 is 0. The minimum atomic E-state index is -0.627. The van der Waals surface area contributed by atoms with Crippen LogP contribution in [0.25, 0.3) is 0 Å². The molecule has 2 heteroatoms. The van der Waals surface area contributed by atoms with Crippen LogP contribution in [0, 0.1) is 0 Å². The van der Waals surface area contributed by atoms with Gasteiger partial charge >= 0.3 is 0 Å². The summed E-state index contributed by atoms with van der Waals surface area (Å²) in [5, 5.41) is 18.9. The van der Waals surface area contributed by atoms with E-state index in [2.05, 4.69) is 0 Å². The van der Waals surface area contributed by atoms with E-state index in [1.54, 1.807) is 12.2 Å². The molecular weight excluding hydrogens is 176 g/mol. The maximum Gasteiger partial charge on any atom is 0.0972 e. The van der Waals surface area contributed by atoms with Crippen molar-refractivity contribution in [1.29, 1.82) is 0 Å². The lowest BCUT2D eigenvalue weighted by molar-refractivity contribution is 0.206. The van der Waals surface area contributed by atoms with Crippen LogP contribution in [0.2, 0.25) is 0 Å². The summed E-state index contributed by atoms with van der Waals surface area (Å²) in [6, 6.07) is 9.37. The van der Waals surface area contributed by atoms with Gasteiger partial charge in [-0.1, -0.05) is 49.4 Å². The molecular formula is C12H16O2. The van der Waals surface area contributed by atoms with Crippen LogP contribution in [0.5, 0.6) is 0 Å². The summed E-state index contributed by atoms with van der Waals surface area (Å²) in [4.78, 5) is 0. The van der Waals surface area contributed by atoms with Gasteiger partial charge in [-0.2, -0.15) is 0 Å². The van der Waals surface area contributed by atoms with Gasteiger partial charge in [0.25, 0.3) is 0 Å². The van der Waals surface area contributed by atoms with Crippen LogP contribution in [0.3, 0.4) is 0 Å². The Morgan fingerprint density at radius 1 is 1.14 bits per heavy atom. The monoisotopic (exact) mass is 192 g/mol. The molecule has 0 heterocycles. The maximum absolute atomic E-state index is 9.67. The van der Waals surface area contributed by atoms with Crippen molar-refractivity contribution in [2.24, 2.45) is 0 Å². The second-order valence-corrected chi connectivity index (χ2v) is 3.22. The fourth-order valence-electron chi connectivity index (χ4n) is 1.13. The Bertz CT molecular complexity index is 280. The molecule has 0 spiro atoms. The first kappa shape index (κ1) is 11.0. The molecule has 0 radical (unpaired) electrons. The molecule has 1 aromatic rings. The largest absolute Gasteiger partial charge is 0.389 e. The fraction of sp³-hybridized carbons (Fsp3) is 0.333. The highest BCUT2D eigenvalue weighted by atomic mass is 16.3. The number of aliphatic hydroxyl groups is 2. The molecule has 0 unspecified atom stereocenters. The van der Waals surface area contributed by atoms with Gasteiger partial charge in [0.1, 0.15) is 0 Å². The molecule has 0 saturated heterocycles. The van der Waals surface area contributed by atoms with E-state index in [-0.39, 0.29) is 0 Å². The first-order valence-electron chi connectivity index (χ1n) is 4.83. The van der Waals surface area contributed by atoms with Gasteiger partial charge in [-0.05, 0) is 12.0 Å². The van der Waals surface area contributed by atoms with Crippen LogP contribution < -0.4 is 0 Å². The molecule has 0 bridgehead atoms. The average Bonchev–Trinajstić information content (AvgIpc) is 2.26. The lowest BCUT2D eigenvalue weighted by Gasteiger charge is -2.06. The van der Waals surface area contributed by atoms with E-state index < -0.39 is 12.2 Å². The number of aliphatic hydroxyl groups excluding tert-OH is 2. The summed E-state index contributed by atoms with van der Waals surface area (Å²) in [6.45, 7) is 1.89. The average molecular weight is 192 g/mol. The predicted molar refractivity (Wildman–Crippen MR) is 56.8 cm³/mol. The van der Waals surface area contributed by atoms with Gasteiger partial charge < -0.3 is 10.2 Å². The zero-order chi connectivity index (χ0) is 10.4. The van der Waals surface area contributed by atoms with Gasteiger partial charge in [-0.3, -0.25) is 0 Å². The number of benzene rings is 1. The third-order valence-corrected chi connectivity index (χ3v) is 2.07. The molecule has 1 rings (SSSR count). The van der Waals surface area contributed by atoms with Crippen molar-refractivity contribution in [3.8, 4) is 0 Å². The quantitative estimate of drug-likeness (QED) is 0.717. The van der Waals surface area contributed by atoms with Crippen molar-refractivity contribution in [3.05, 3.63) is 48.0 Å². The minimum absolute atomic E-state index is 0.464. The Morgan fingerprint density at radius 2 is 1.79 bits per heavy atom. The number of hydrogen-bond acceptors (Lipinski definition) is 2. The Balaban J connectivity index is 2.59. The van der Waals surface area contributed by atoms with Crippen molar-refractivity contribution in [2.75, 3.05) is 0 Å². The molecule has 14 heavy (non-hydrogen) atoms. The Morgan fingerprint density at radius 3 is 2.36 bits per heavy atom. The van der Waals surface area contributed by atoms with E-state index in [9.17, 15) is 10.2 Å². The van der Waals surface area contributed by atoms with Crippen molar-refractivity contribution >= 4 is 0 Å². The third-order valence-electron chi connectivity index (χ3n) is 2.07. The van der Waals surface area contributed by atoms with E-state index in [1.807, 2.05) is 37.3 Å². The molecule has 0 aliphatic rings. The standard InChI is InChI=1S/C12H16O2/c1-2-11(13)8-9-12(14)10-6-4-3-5-7-10/h3-9,11-14H,2H2,1H3/b9-8+/t11-,12+/m0/s1. The molecule has 1 aromatic carbocycles. The van der Waals surface area contributed by atoms with Crippen LogP contribution in [0.4, 0.5) is 0 Å². The predicted octanol–water partition coefficient (Wildman–Crippen LogP) is 2.05. The van der Waals surface area contributed by atoms with E-state index in [0.717, 1.165) is 5.56 Å². The third kappa shape index (κ3) is 3.32. The highest BCUT2D eigenvalue weighted by Gasteiger charge is 2.02. The van der Waals surface area contributed by atoms with Crippen molar-refractivity contribution in [2.45, 2.75) is 25.6 Å². The second kappa shape index (κ2) is 5.58. The Labute approximate surface area is 84.5 Å². The second-order valence-electron chi connectivity index (χ2n) is 3.22. The van der Waals surface area contributed by atoms with Gasteiger partial charge in [0.15, 0.2) is 0 Å². The summed E-state index contributed by atoms with van der Waals surface area (Å²) in [5.74, 6) is 0. The molecule has 2 N–H and O–H groups in total. The summed E-state index contributed by atoms with van der Waals surface area (Å²) >= 11 is 0. The van der Waals surface area contributed by atoms with Crippen LogP contribution in [0.1, 0.15) is 25.0 Å². The van der Waals surface area contributed by atoms with Crippen LogP contribution in [0.15, 0.2) is 42.5 Å². The molecule has 0 aromatic heterocycles.